The number of aromatic nitrogens is 3. The summed E-state index contributed by atoms with van der Waals surface area (Å²) in [6.07, 6.45) is 0.0617. The summed E-state index contributed by atoms with van der Waals surface area (Å²) < 4.78 is 11.4. The minimum atomic E-state index is -0.807. The summed E-state index contributed by atoms with van der Waals surface area (Å²) in [5.41, 5.74) is 5.68. The van der Waals surface area contributed by atoms with Crippen LogP contribution in [0.3, 0.4) is 0 Å². The van der Waals surface area contributed by atoms with Crippen molar-refractivity contribution in [3.63, 3.8) is 0 Å². The highest BCUT2D eigenvalue weighted by molar-refractivity contribution is 8.00. The molecule has 0 bridgehead atoms. The normalized spacial score (nSPS) is 22.1. The molecule has 26 heavy (non-hydrogen) atoms. The Morgan fingerprint density at radius 1 is 1.35 bits per heavy atom. The lowest BCUT2D eigenvalue weighted by Gasteiger charge is -2.14. The Labute approximate surface area is 153 Å². The second-order valence-corrected chi connectivity index (χ2v) is 7.09. The average Bonchev–Trinajstić information content (AvgIpc) is 2.99. The van der Waals surface area contributed by atoms with Gasteiger partial charge in [-0.1, -0.05) is 30.3 Å². The van der Waals surface area contributed by atoms with Crippen LogP contribution in [0.5, 0.6) is 0 Å². The Hall–Kier alpha value is -2.59. The number of ether oxygens (including phenoxy) is 2. The summed E-state index contributed by atoms with van der Waals surface area (Å²) in [5.74, 6) is -0.101. The van der Waals surface area contributed by atoms with Crippen molar-refractivity contribution < 1.29 is 19.4 Å². The van der Waals surface area contributed by atoms with Crippen LogP contribution >= 0.6 is 11.8 Å². The van der Waals surface area contributed by atoms with E-state index in [1.165, 1.54) is 22.7 Å². The molecule has 1 fully saturated rings. The minimum Gasteiger partial charge on any atom is -0.433 e. The fourth-order valence-electron chi connectivity index (χ4n) is 2.50. The molecular weight excluding hydrogens is 360 g/mol. The highest BCUT2D eigenvalue weighted by Gasteiger charge is 2.36. The molecule has 1 aromatic carbocycles. The number of benzene rings is 1. The molecule has 9 nitrogen and oxygen atoms in total. The molecule has 2 aromatic rings. The topological polar surface area (TPSA) is 130 Å². The summed E-state index contributed by atoms with van der Waals surface area (Å²) >= 11 is 1.31. The smallest absolute Gasteiger partial charge is 0.433 e. The zero-order chi connectivity index (χ0) is 18.5. The molecule has 3 atom stereocenters. The first kappa shape index (κ1) is 18.2. The van der Waals surface area contributed by atoms with Gasteiger partial charge in [0.25, 0.3) is 0 Å². The molecule has 0 aliphatic carbocycles. The molecular formula is C16H18N4O5S. The quantitative estimate of drug-likeness (QED) is 0.730. The van der Waals surface area contributed by atoms with Crippen molar-refractivity contribution in [1.29, 1.82) is 0 Å². The Balaban J connectivity index is 1.49. The number of carbonyl (C=O) groups excluding carboxylic acids is 1. The molecule has 10 heteroatoms. The van der Waals surface area contributed by atoms with Gasteiger partial charge in [-0.2, -0.15) is 4.98 Å². The van der Waals surface area contributed by atoms with Gasteiger partial charge in [-0.15, -0.1) is 11.8 Å². The van der Waals surface area contributed by atoms with Gasteiger partial charge in [-0.25, -0.2) is 14.6 Å². The third-order valence-corrected chi connectivity index (χ3v) is 5.36. The monoisotopic (exact) mass is 378 g/mol. The summed E-state index contributed by atoms with van der Waals surface area (Å²) in [6.45, 7) is 0.0847. The standard InChI is InChI=1S/C16H18N4O5S/c17-14-18-9-20(15(22)19-14)13-6-11(21)12(26-13)8-25-16(23)24-7-10-4-2-1-3-5-10/h1-5,9,11-13,21H,6-8H2,(H2,17,19,22)/t11?,12-,13-/m1/s1. The van der Waals surface area contributed by atoms with Crippen LogP contribution in [0.1, 0.15) is 17.4 Å². The van der Waals surface area contributed by atoms with Crippen LogP contribution < -0.4 is 11.4 Å². The molecule has 138 valence electrons. The zero-order valence-corrected chi connectivity index (χ0v) is 14.5. The SMILES string of the molecule is Nc1ncn([C@H]2CC(O)[C@@H](COC(=O)OCc3ccccc3)S2)c(=O)n1. The molecule has 1 saturated heterocycles. The van der Waals surface area contributed by atoms with Gasteiger partial charge < -0.3 is 20.3 Å². The van der Waals surface area contributed by atoms with E-state index in [4.69, 9.17) is 15.2 Å². The van der Waals surface area contributed by atoms with E-state index in [1.54, 1.807) is 0 Å². The van der Waals surface area contributed by atoms with Crippen LogP contribution in [-0.2, 0) is 16.1 Å². The second kappa shape index (κ2) is 8.19. The van der Waals surface area contributed by atoms with Crippen molar-refractivity contribution in [3.05, 3.63) is 52.7 Å². The van der Waals surface area contributed by atoms with E-state index in [1.807, 2.05) is 30.3 Å². The largest absolute Gasteiger partial charge is 0.508 e. The highest BCUT2D eigenvalue weighted by atomic mass is 32.2. The molecule has 3 N–H and O–H groups in total. The summed E-state index contributed by atoms with van der Waals surface area (Å²) in [7, 11) is 0. The molecule has 1 aliphatic heterocycles. The summed E-state index contributed by atoms with van der Waals surface area (Å²) in [6, 6.07) is 9.23. The van der Waals surface area contributed by atoms with Crippen molar-refractivity contribution in [3.8, 4) is 0 Å². The molecule has 1 unspecified atom stereocenters. The van der Waals surface area contributed by atoms with E-state index in [-0.39, 0.29) is 29.8 Å². The fraction of sp³-hybridized carbons (Fsp3) is 0.375. The van der Waals surface area contributed by atoms with Gasteiger partial charge in [0.05, 0.1) is 16.7 Å². The third kappa shape index (κ3) is 4.52. The van der Waals surface area contributed by atoms with Gasteiger partial charge in [-0.05, 0) is 5.56 Å². The molecule has 2 heterocycles. The molecule has 3 rings (SSSR count). The predicted octanol–water partition coefficient (Wildman–Crippen LogP) is 0.939. The Morgan fingerprint density at radius 2 is 2.12 bits per heavy atom. The second-order valence-electron chi connectivity index (χ2n) is 5.67. The van der Waals surface area contributed by atoms with Gasteiger partial charge >= 0.3 is 11.8 Å². The number of thioether (sulfide) groups is 1. The van der Waals surface area contributed by atoms with E-state index < -0.39 is 17.9 Å². The van der Waals surface area contributed by atoms with Gasteiger partial charge in [-0.3, -0.25) is 4.57 Å². The number of rotatable bonds is 5. The average molecular weight is 378 g/mol. The van der Waals surface area contributed by atoms with Crippen LogP contribution in [0.2, 0.25) is 0 Å². The molecule has 1 aromatic heterocycles. The maximum atomic E-state index is 11.9. The minimum absolute atomic E-state index is 0.0272. The van der Waals surface area contributed by atoms with Crippen molar-refractivity contribution in [2.45, 2.75) is 29.8 Å². The van der Waals surface area contributed by atoms with Crippen LogP contribution in [-0.4, -0.2) is 43.8 Å². The highest BCUT2D eigenvalue weighted by Crippen LogP contribution is 2.40. The number of aliphatic hydroxyl groups is 1. The first-order valence-electron chi connectivity index (χ1n) is 7.90. The lowest BCUT2D eigenvalue weighted by atomic mass is 10.2. The summed E-state index contributed by atoms with van der Waals surface area (Å²) in [4.78, 5) is 30.9. The number of nitrogens with zero attached hydrogens (tertiary/aromatic N) is 3. The number of carbonyl (C=O) groups is 1. The van der Waals surface area contributed by atoms with Gasteiger partial charge in [0.15, 0.2) is 0 Å². The van der Waals surface area contributed by atoms with Crippen molar-refractivity contribution in [2.75, 3.05) is 12.3 Å². The molecule has 0 saturated carbocycles. The van der Waals surface area contributed by atoms with Gasteiger partial charge in [0, 0.05) is 6.42 Å². The number of hydrogen-bond donors (Lipinski definition) is 2. The maximum absolute atomic E-state index is 11.9. The van der Waals surface area contributed by atoms with Crippen molar-refractivity contribution in [2.24, 2.45) is 0 Å². The third-order valence-electron chi connectivity index (χ3n) is 3.82. The first-order valence-corrected chi connectivity index (χ1v) is 8.85. The van der Waals surface area contributed by atoms with Crippen LogP contribution in [0.25, 0.3) is 0 Å². The van der Waals surface area contributed by atoms with Crippen LogP contribution in [0.15, 0.2) is 41.5 Å². The van der Waals surface area contributed by atoms with Crippen LogP contribution in [0.4, 0.5) is 10.7 Å². The Kier molecular flexibility index (Phi) is 5.74. The molecule has 0 spiro atoms. The zero-order valence-electron chi connectivity index (χ0n) is 13.7. The lowest BCUT2D eigenvalue weighted by Crippen LogP contribution is -2.26. The van der Waals surface area contributed by atoms with E-state index >= 15 is 0 Å². The fourth-order valence-corrected chi connectivity index (χ4v) is 3.92. The first-order chi connectivity index (χ1) is 12.5. The number of anilines is 1. The maximum Gasteiger partial charge on any atom is 0.508 e. The van der Waals surface area contributed by atoms with Crippen LogP contribution in [0, 0.1) is 0 Å². The number of hydrogen-bond acceptors (Lipinski definition) is 9. The molecule has 0 radical (unpaired) electrons. The van der Waals surface area contributed by atoms with E-state index in [0.717, 1.165) is 5.56 Å². The Morgan fingerprint density at radius 3 is 2.85 bits per heavy atom. The predicted molar refractivity (Wildman–Crippen MR) is 94.3 cm³/mol. The van der Waals surface area contributed by atoms with Gasteiger partial charge in [0.2, 0.25) is 5.95 Å². The van der Waals surface area contributed by atoms with Gasteiger partial charge in [0.1, 0.15) is 19.5 Å². The molecule has 0 amide bonds. The lowest BCUT2D eigenvalue weighted by molar-refractivity contribution is 0.0412. The van der Waals surface area contributed by atoms with Crippen molar-refractivity contribution in [1.82, 2.24) is 14.5 Å². The number of aliphatic hydroxyl groups excluding tert-OH is 1. The Bertz CT molecular complexity index is 816. The van der Waals surface area contributed by atoms with E-state index in [9.17, 15) is 14.7 Å². The number of nitrogen functional groups attached to an aromatic ring is 1. The van der Waals surface area contributed by atoms with Crippen molar-refractivity contribution >= 4 is 23.9 Å². The molecule has 1 aliphatic rings. The number of nitrogens with two attached hydrogens (primary N) is 1. The van der Waals surface area contributed by atoms with E-state index in [0.29, 0.717) is 6.42 Å². The van der Waals surface area contributed by atoms with E-state index in [2.05, 4.69) is 9.97 Å². The summed E-state index contributed by atoms with van der Waals surface area (Å²) in [5, 5.41) is 9.42.